The third kappa shape index (κ3) is 2.71. The molecular weight excluding hydrogens is 311 g/mol. The van der Waals surface area contributed by atoms with E-state index in [1.165, 1.54) is 35.0 Å². The molecule has 1 heterocycles. The Morgan fingerprint density at radius 1 is 1.21 bits per heavy atom. The van der Waals surface area contributed by atoms with Crippen LogP contribution in [0, 0.1) is 5.82 Å². The smallest absolute Gasteiger partial charge is 0.258 e. The normalized spacial score (nSPS) is 17.2. The van der Waals surface area contributed by atoms with Gasteiger partial charge in [-0.25, -0.2) is 4.39 Å². The minimum atomic E-state index is -0.684. The van der Waals surface area contributed by atoms with Gasteiger partial charge < -0.3 is 14.9 Å². The molecule has 3 rings (SSSR count). The van der Waals surface area contributed by atoms with Gasteiger partial charge in [-0.3, -0.25) is 9.59 Å². The molecule has 24 heavy (non-hydrogen) atoms. The van der Waals surface area contributed by atoms with Crippen molar-refractivity contribution in [2.24, 2.45) is 0 Å². The number of hydrogen-bond donors (Lipinski definition) is 1. The largest absolute Gasteiger partial charge is 0.507 e. The van der Waals surface area contributed by atoms with Gasteiger partial charge in [-0.15, -0.1) is 0 Å². The summed E-state index contributed by atoms with van der Waals surface area (Å²) in [6, 6.07) is 11.6. The van der Waals surface area contributed by atoms with Crippen molar-refractivity contribution in [2.45, 2.75) is 12.5 Å². The lowest BCUT2D eigenvalue weighted by molar-refractivity contribution is -0.120. The van der Waals surface area contributed by atoms with Crippen molar-refractivity contribution in [3.8, 4) is 5.75 Å². The average Bonchev–Trinajstić information content (AvgIpc) is 2.96. The highest BCUT2D eigenvalue weighted by Crippen LogP contribution is 2.27. The monoisotopic (exact) mass is 328 g/mol. The maximum Gasteiger partial charge on any atom is 0.258 e. The number of carbonyl (C=O) groups excluding carboxylic acids is 2. The number of halogens is 1. The van der Waals surface area contributed by atoms with Crippen LogP contribution in [0.2, 0.25) is 0 Å². The van der Waals surface area contributed by atoms with E-state index < -0.39 is 17.8 Å². The summed E-state index contributed by atoms with van der Waals surface area (Å²) in [5, 5.41) is 9.81. The molecule has 1 aliphatic heterocycles. The number of amides is 2. The molecule has 0 aliphatic carbocycles. The Labute approximate surface area is 138 Å². The van der Waals surface area contributed by atoms with Crippen LogP contribution in [0.3, 0.4) is 0 Å². The lowest BCUT2D eigenvalue weighted by Crippen LogP contribution is -2.43. The fourth-order valence-electron chi connectivity index (χ4n) is 2.92. The van der Waals surface area contributed by atoms with Crippen LogP contribution in [-0.4, -0.2) is 41.5 Å². The first kappa shape index (κ1) is 16.0. The van der Waals surface area contributed by atoms with Crippen molar-refractivity contribution in [2.75, 3.05) is 18.5 Å². The third-order valence-corrected chi connectivity index (χ3v) is 4.24. The SMILES string of the molecule is CN(C(=O)c1ccccc1O)[C@H]1CCN(c2ccccc2F)C1=O. The van der Waals surface area contributed by atoms with E-state index in [2.05, 4.69) is 0 Å². The van der Waals surface area contributed by atoms with Crippen LogP contribution in [0.5, 0.6) is 5.75 Å². The summed E-state index contributed by atoms with van der Waals surface area (Å²) < 4.78 is 13.9. The first-order valence-electron chi connectivity index (χ1n) is 7.61. The standard InChI is InChI=1S/C18H17FN2O3/c1-20(17(23)12-6-2-5-9-16(12)22)15-10-11-21(18(15)24)14-8-4-3-7-13(14)19/h2-9,15,22H,10-11H2,1H3/t15-/m0/s1. The summed E-state index contributed by atoms with van der Waals surface area (Å²) >= 11 is 0. The van der Waals surface area contributed by atoms with Crippen LogP contribution < -0.4 is 4.90 Å². The topological polar surface area (TPSA) is 60.9 Å². The van der Waals surface area contributed by atoms with Crippen LogP contribution in [0.1, 0.15) is 16.8 Å². The number of anilines is 1. The van der Waals surface area contributed by atoms with E-state index in [1.807, 2.05) is 0 Å². The summed E-state index contributed by atoms with van der Waals surface area (Å²) in [7, 11) is 1.52. The zero-order valence-corrected chi connectivity index (χ0v) is 13.1. The number of hydrogen-bond acceptors (Lipinski definition) is 3. The van der Waals surface area contributed by atoms with Crippen LogP contribution in [-0.2, 0) is 4.79 Å². The van der Waals surface area contributed by atoms with Crippen molar-refractivity contribution in [3.63, 3.8) is 0 Å². The van der Waals surface area contributed by atoms with E-state index in [9.17, 15) is 19.1 Å². The second-order valence-electron chi connectivity index (χ2n) is 5.68. The molecular formula is C18H17FN2O3. The van der Waals surface area contributed by atoms with Crippen molar-refractivity contribution in [1.82, 2.24) is 4.90 Å². The minimum absolute atomic E-state index is 0.134. The molecule has 0 bridgehead atoms. The molecule has 2 amide bonds. The van der Waals surface area contributed by atoms with Crippen molar-refractivity contribution in [1.29, 1.82) is 0 Å². The highest BCUT2D eigenvalue weighted by Gasteiger charge is 2.38. The van der Waals surface area contributed by atoms with Gasteiger partial charge in [-0.05, 0) is 30.7 Å². The van der Waals surface area contributed by atoms with E-state index in [1.54, 1.807) is 30.3 Å². The molecule has 0 unspecified atom stereocenters. The van der Waals surface area contributed by atoms with Crippen LogP contribution in [0.4, 0.5) is 10.1 Å². The Hall–Kier alpha value is -2.89. The third-order valence-electron chi connectivity index (χ3n) is 4.24. The van der Waals surface area contributed by atoms with Crippen LogP contribution >= 0.6 is 0 Å². The van der Waals surface area contributed by atoms with Crippen molar-refractivity contribution < 1.29 is 19.1 Å². The first-order chi connectivity index (χ1) is 11.5. The predicted molar refractivity (Wildman–Crippen MR) is 87.4 cm³/mol. The molecule has 1 N–H and O–H groups in total. The van der Waals surface area contributed by atoms with Crippen LogP contribution in [0.25, 0.3) is 0 Å². The quantitative estimate of drug-likeness (QED) is 0.941. The molecule has 0 radical (unpaired) electrons. The number of likely N-dealkylation sites (N-methyl/N-ethyl adjacent to an activating group) is 1. The summed E-state index contributed by atoms with van der Waals surface area (Å²) in [6.07, 6.45) is 0.406. The van der Waals surface area contributed by atoms with Gasteiger partial charge >= 0.3 is 0 Å². The number of nitrogens with zero attached hydrogens (tertiary/aromatic N) is 2. The van der Waals surface area contributed by atoms with Gasteiger partial charge in [0.1, 0.15) is 17.6 Å². The minimum Gasteiger partial charge on any atom is -0.507 e. The molecule has 1 saturated heterocycles. The van der Waals surface area contributed by atoms with Crippen molar-refractivity contribution >= 4 is 17.5 Å². The van der Waals surface area contributed by atoms with E-state index in [0.717, 1.165) is 0 Å². The van der Waals surface area contributed by atoms with Crippen LogP contribution in [0.15, 0.2) is 48.5 Å². The van der Waals surface area contributed by atoms with Gasteiger partial charge in [0.25, 0.3) is 5.91 Å². The molecule has 2 aromatic carbocycles. The molecule has 124 valence electrons. The fraction of sp³-hybridized carbons (Fsp3) is 0.222. The summed E-state index contributed by atoms with van der Waals surface area (Å²) in [6.45, 7) is 0.336. The number of phenolic OH excluding ortho intramolecular Hbond substituents is 1. The van der Waals surface area contributed by atoms with Gasteiger partial charge in [-0.2, -0.15) is 0 Å². The highest BCUT2D eigenvalue weighted by atomic mass is 19.1. The second kappa shape index (κ2) is 6.31. The molecule has 1 aliphatic rings. The Morgan fingerprint density at radius 2 is 1.88 bits per heavy atom. The fourth-order valence-corrected chi connectivity index (χ4v) is 2.92. The second-order valence-corrected chi connectivity index (χ2v) is 5.68. The van der Waals surface area contributed by atoms with Gasteiger partial charge in [0.2, 0.25) is 5.91 Å². The van der Waals surface area contributed by atoms with E-state index in [0.29, 0.717) is 13.0 Å². The van der Waals surface area contributed by atoms with Gasteiger partial charge in [-0.1, -0.05) is 24.3 Å². The molecule has 0 spiro atoms. The number of benzene rings is 2. The number of carbonyl (C=O) groups is 2. The average molecular weight is 328 g/mol. The first-order valence-corrected chi connectivity index (χ1v) is 7.61. The molecule has 0 aromatic heterocycles. The van der Waals surface area contributed by atoms with Gasteiger partial charge in [0.05, 0.1) is 11.3 Å². The Morgan fingerprint density at radius 3 is 2.58 bits per heavy atom. The summed E-state index contributed by atoms with van der Waals surface area (Å²) in [5.41, 5.74) is 0.352. The highest BCUT2D eigenvalue weighted by molar-refractivity contribution is 6.04. The molecule has 6 heteroatoms. The molecule has 1 fully saturated rings. The number of phenols is 1. The molecule has 2 aromatic rings. The Kier molecular flexibility index (Phi) is 4.20. The van der Waals surface area contributed by atoms with E-state index >= 15 is 0 Å². The lowest BCUT2D eigenvalue weighted by atomic mass is 10.1. The predicted octanol–water partition coefficient (Wildman–Crippen LogP) is 2.41. The maximum atomic E-state index is 13.9. The molecule has 1 atom stereocenters. The number of para-hydroxylation sites is 2. The summed E-state index contributed by atoms with van der Waals surface area (Å²) in [4.78, 5) is 27.8. The Bertz CT molecular complexity index is 793. The van der Waals surface area contributed by atoms with Gasteiger partial charge in [0, 0.05) is 13.6 Å². The lowest BCUT2D eigenvalue weighted by Gasteiger charge is -2.24. The van der Waals surface area contributed by atoms with E-state index in [-0.39, 0.29) is 22.9 Å². The number of rotatable bonds is 3. The van der Waals surface area contributed by atoms with E-state index in [4.69, 9.17) is 0 Å². The maximum absolute atomic E-state index is 13.9. The van der Waals surface area contributed by atoms with Crippen molar-refractivity contribution in [3.05, 3.63) is 59.9 Å². The molecule has 0 saturated carbocycles. The zero-order chi connectivity index (χ0) is 17.3. The zero-order valence-electron chi connectivity index (χ0n) is 13.1. The Balaban J connectivity index is 1.81. The summed E-state index contributed by atoms with van der Waals surface area (Å²) in [5.74, 6) is -1.37. The van der Waals surface area contributed by atoms with Gasteiger partial charge in [0.15, 0.2) is 0 Å². The number of aromatic hydroxyl groups is 1. The molecule has 5 nitrogen and oxygen atoms in total.